The van der Waals surface area contributed by atoms with E-state index in [1.165, 1.54) is 5.56 Å². The average molecular weight is 399 g/mol. The SMILES string of the molecule is O=C1C[C@H](C(=O)N2CCC[C@@H](c3ncc4c(n3)CCNC4)C2)C2(CCCCC2)O1. The fourth-order valence-electron chi connectivity index (χ4n) is 5.66. The third-order valence-electron chi connectivity index (χ3n) is 7.25. The van der Waals surface area contributed by atoms with Gasteiger partial charge in [0.05, 0.1) is 12.3 Å². The van der Waals surface area contributed by atoms with Crippen molar-refractivity contribution in [2.45, 2.75) is 75.9 Å². The van der Waals surface area contributed by atoms with Gasteiger partial charge in [0.25, 0.3) is 0 Å². The molecule has 5 rings (SSSR count). The standard InChI is InChI=1S/C22H30N4O3/c27-19-11-17(22(29-19)7-2-1-3-8-22)21(28)26-10-4-5-15(14-26)20-24-13-16-12-23-9-6-18(16)25-20/h13,15,17,23H,1-12,14H2/t15-,17-/m1/s1. The van der Waals surface area contributed by atoms with Crippen LogP contribution in [-0.2, 0) is 27.3 Å². The summed E-state index contributed by atoms with van der Waals surface area (Å²) in [4.78, 5) is 37.0. The number of nitrogens with one attached hydrogen (secondary N) is 1. The van der Waals surface area contributed by atoms with Gasteiger partial charge < -0.3 is 15.0 Å². The van der Waals surface area contributed by atoms with Crippen LogP contribution in [0.5, 0.6) is 0 Å². The minimum Gasteiger partial charge on any atom is -0.458 e. The van der Waals surface area contributed by atoms with Gasteiger partial charge in [-0.05, 0) is 38.5 Å². The first-order chi connectivity index (χ1) is 14.1. The molecule has 1 aromatic rings. The number of fused-ring (bicyclic) bond motifs is 1. The first-order valence-electron chi connectivity index (χ1n) is 11.2. The quantitative estimate of drug-likeness (QED) is 0.768. The second kappa shape index (κ2) is 7.67. The zero-order chi connectivity index (χ0) is 19.8. The maximum Gasteiger partial charge on any atom is 0.307 e. The smallest absolute Gasteiger partial charge is 0.307 e. The third-order valence-corrected chi connectivity index (χ3v) is 7.25. The Morgan fingerprint density at radius 2 is 2.10 bits per heavy atom. The number of aromatic nitrogens is 2. The summed E-state index contributed by atoms with van der Waals surface area (Å²) in [5.74, 6) is 0.627. The lowest BCUT2D eigenvalue weighted by molar-refractivity contribution is -0.156. The van der Waals surface area contributed by atoms with E-state index in [1.807, 2.05) is 11.1 Å². The molecule has 3 aliphatic heterocycles. The lowest BCUT2D eigenvalue weighted by atomic mass is 9.75. The number of hydrogen-bond acceptors (Lipinski definition) is 6. The van der Waals surface area contributed by atoms with Crippen LogP contribution in [0.3, 0.4) is 0 Å². The van der Waals surface area contributed by atoms with Crippen LogP contribution in [0, 0.1) is 5.92 Å². The van der Waals surface area contributed by atoms with E-state index in [9.17, 15) is 9.59 Å². The maximum atomic E-state index is 13.5. The average Bonchev–Trinajstić information content (AvgIpc) is 3.08. The van der Waals surface area contributed by atoms with Gasteiger partial charge in [-0.3, -0.25) is 9.59 Å². The zero-order valence-electron chi connectivity index (χ0n) is 17.0. The molecule has 3 fully saturated rings. The lowest BCUT2D eigenvalue weighted by Crippen LogP contribution is -2.49. The first-order valence-corrected chi connectivity index (χ1v) is 11.2. The van der Waals surface area contributed by atoms with Crippen LogP contribution >= 0.6 is 0 Å². The van der Waals surface area contributed by atoms with Gasteiger partial charge >= 0.3 is 5.97 Å². The largest absolute Gasteiger partial charge is 0.458 e. The molecule has 0 bridgehead atoms. The van der Waals surface area contributed by atoms with Crippen LogP contribution in [0.4, 0.5) is 0 Å². The van der Waals surface area contributed by atoms with E-state index in [1.54, 1.807) is 0 Å². The Morgan fingerprint density at radius 3 is 2.97 bits per heavy atom. The van der Waals surface area contributed by atoms with Crippen LogP contribution < -0.4 is 5.32 Å². The summed E-state index contributed by atoms with van der Waals surface area (Å²) in [6.07, 6.45) is 9.98. The predicted molar refractivity (Wildman–Crippen MR) is 106 cm³/mol. The highest BCUT2D eigenvalue weighted by Gasteiger charge is 2.54. The van der Waals surface area contributed by atoms with Gasteiger partial charge in [-0.25, -0.2) is 9.97 Å². The van der Waals surface area contributed by atoms with Crippen molar-refractivity contribution in [3.63, 3.8) is 0 Å². The molecular weight excluding hydrogens is 368 g/mol. The second-order valence-corrected chi connectivity index (χ2v) is 9.11. The molecule has 1 N–H and O–H groups in total. The normalized spacial score (nSPS) is 28.8. The van der Waals surface area contributed by atoms with Crippen LogP contribution in [0.25, 0.3) is 0 Å². The van der Waals surface area contributed by atoms with Gasteiger partial charge in [-0.1, -0.05) is 6.42 Å². The summed E-state index contributed by atoms with van der Waals surface area (Å²) in [5.41, 5.74) is 1.78. The Balaban J connectivity index is 1.32. The molecule has 2 atom stereocenters. The Morgan fingerprint density at radius 1 is 1.24 bits per heavy atom. The summed E-state index contributed by atoms with van der Waals surface area (Å²) in [6, 6.07) is 0. The Hall–Kier alpha value is -2.02. The van der Waals surface area contributed by atoms with Crippen LogP contribution in [0.1, 0.15) is 74.4 Å². The molecule has 7 heteroatoms. The van der Waals surface area contributed by atoms with Crippen molar-refractivity contribution in [1.29, 1.82) is 0 Å². The van der Waals surface area contributed by atoms with Gasteiger partial charge in [0.1, 0.15) is 11.4 Å². The highest BCUT2D eigenvalue weighted by molar-refractivity contribution is 5.88. The van der Waals surface area contributed by atoms with Crippen molar-refractivity contribution in [2.75, 3.05) is 19.6 Å². The summed E-state index contributed by atoms with van der Waals surface area (Å²) in [7, 11) is 0. The first kappa shape index (κ1) is 19.0. The van der Waals surface area contributed by atoms with Crippen LogP contribution in [0.15, 0.2) is 6.20 Å². The molecule has 4 aliphatic rings. The van der Waals surface area contributed by atoms with Gasteiger partial charge in [-0.2, -0.15) is 0 Å². The molecule has 1 saturated carbocycles. The highest BCUT2D eigenvalue weighted by atomic mass is 16.6. The Labute approximate surface area is 171 Å². The molecule has 29 heavy (non-hydrogen) atoms. The van der Waals surface area contributed by atoms with E-state index >= 15 is 0 Å². The number of amides is 1. The van der Waals surface area contributed by atoms with Crippen LogP contribution in [-0.4, -0.2) is 52.0 Å². The molecule has 1 aliphatic carbocycles. The summed E-state index contributed by atoms with van der Waals surface area (Å²) in [5, 5.41) is 3.35. The zero-order valence-corrected chi connectivity index (χ0v) is 17.0. The molecule has 0 unspecified atom stereocenters. The van der Waals surface area contributed by atoms with Gasteiger partial charge in [0, 0.05) is 56.0 Å². The predicted octanol–water partition coefficient (Wildman–Crippen LogP) is 2.09. The summed E-state index contributed by atoms with van der Waals surface area (Å²) >= 11 is 0. The summed E-state index contributed by atoms with van der Waals surface area (Å²) < 4.78 is 5.77. The summed E-state index contributed by atoms with van der Waals surface area (Å²) in [6.45, 7) is 3.20. The van der Waals surface area contributed by atoms with Crippen molar-refractivity contribution >= 4 is 11.9 Å². The molecule has 1 amide bonds. The van der Waals surface area contributed by atoms with Crippen LogP contribution in [0.2, 0.25) is 0 Å². The number of likely N-dealkylation sites (tertiary alicyclic amines) is 1. The van der Waals surface area contributed by atoms with E-state index in [4.69, 9.17) is 9.72 Å². The van der Waals surface area contributed by atoms with Gasteiger partial charge in [-0.15, -0.1) is 0 Å². The number of esters is 1. The number of carbonyl (C=O) groups is 2. The topological polar surface area (TPSA) is 84.4 Å². The second-order valence-electron chi connectivity index (χ2n) is 9.11. The Kier molecular flexibility index (Phi) is 5.02. The van der Waals surface area contributed by atoms with Crippen molar-refractivity contribution in [1.82, 2.24) is 20.2 Å². The fourth-order valence-corrected chi connectivity index (χ4v) is 5.66. The highest BCUT2D eigenvalue weighted by Crippen LogP contribution is 2.45. The van der Waals surface area contributed by atoms with E-state index in [2.05, 4.69) is 10.3 Å². The number of ether oxygens (including phenoxy) is 1. The van der Waals surface area contributed by atoms with E-state index in [-0.39, 0.29) is 30.1 Å². The molecule has 0 aromatic carbocycles. The monoisotopic (exact) mass is 398 g/mol. The molecule has 1 aromatic heterocycles. The van der Waals surface area contributed by atoms with Gasteiger partial charge in [0.2, 0.25) is 5.91 Å². The number of carbonyl (C=O) groups excluding carboxylic acids is 2. The fraction of sp³-hybridized carbons (Fsp3) is 0.727. The van der Waals surface area contributed by atoms with Crippen molar-refractivity contribution < 1.29 is 14.3 Å². The molecule has 1 spiro atoms. The Bertz CT molecular complexity index is 805. The molecule has 156 valence electrons. The maximum absolute atomic E-state index is 13.5. The van der Waals surface area contributed by atoms with E-state index < -0.39 is 5.60 Å². The number of rotatable bonds is 2. The van der Waals surface area contributed by atoms with Crippen molar-refractivity contribution in [3.8, 4) is 0 Å². The van der Waals surface area contributed by atoms with Gasteiger partial charge in [0.15, 0.2) is 0 Å². The minimum atomic E-state index is -0.547. The lowest BCUT2D eigenvalue weighted by Gasteiger charge is -2.40. The molecular formula is C22H30N4O3. The number of hydrogen-bond donors (Lipinski definition) is 1. The van der Waals surface area contributed by atoms with Crippen molar-refractivity contribution in [3.05, 3.63) is 23.3 Å². The molecule has 7 nitrogen and oxygen atoms in total. The number of nitrogens with zero attached hydrogens (tertiary/aromatic N) is 3. The van der Waals surface area contributed by atoms with E-state index in [0.717, 1.165) is 82.5 Å². The minimum absolute atomic E-state index is 0.101. The van der Waals surface area contributed by atoms with Crippen molar-refractivity contribution in [2.24, 2.45) is 5.92 Å². The third kappa shape index (κ3) is 3.54. The molecule has 2 saturated heterocycles. The number of piperidine rings is 1. The van der Waals surface area contributed by atoms with E-state index in [0.29, 0.717) is 6.54 Å². The molecule has 4 heterocycles. The molecule has 0 radical (unpaired) electrons.